The maximum atomic E-state index is 11.8. The van der Waals surface area contributed by atoms with Gasteiger partial charge in [0.2, 0.25) is 0 Å². The number of imidazole rings is 1. The lowest BCUT2D eigenvalue weighted by molar-refractivity contribution is 0.0520. The van der Waals surface area contributed by atoms with E-state index in [0.717, 1.165) is 5.52 Å². The largest absolute Gasteiger partial charge is 0.461 e. The average molecular weight is 284 g/mol. The highest BCUT2D eigenvalue weighted by Crippen LogP contribution is 2.18. The van der Waals surface area contributed by atoms with Crippen molar-refractivity contribution in [3.8, 4) is 0 Å². The zero-order valence-electron chi connectivity index (χ0n) is 11.2. The van der Waals surface area contributed by atoms with Gasteiger partial charge in [-0.25, -0.2) is 14.8 Å². The van der Waals surface area contributed by atoms with Crippen molar-refractivity contribution >= 4 is 28.6 Å². The molecule has 0 aliphatic heterocycles. The number of ether oxygens (including phenoxy) is 1. The lowest BCUT2D eigenvalue weighted by Gasteiger charge is -2.03. The fourth-order valence-corrected chi connectivity index (χ4v) is 2.13. The third-order valence-corrected chi connectivity index (χ3v) is 3.01. The van der Waals surface area contributed by atoms with Gasteiger partial charge in [0.15, 0.2) is 17.0 Å². The molecule has 0 aliphatic rings. The first-order valence-electron chi connectivity index (χ1n) is 6.36. The Bertz CT molecular complexity index is 869. The minimum Gasteiger partial charge on any atom is -0.461 e. The monoisotopic (exact) mass is 284 g/mol. The van der Waals surface area contributed by atoms with Crippen LogP contribution in [0.1, 0.15) is 27.9 Å². The van der Waals surface area contributed by atoms with Crippen molar-refractivity contribution in [1.82, 2.24) is 14.4 Å². The van der Waals surface area contributed by atoms with Crippen LogP contribution in [0.5, 0.6) is 0 Å². The van der Waals surface area contributed by atoms with Gasteiger partial charge in [-0.05, 0) is 19.1 Å². The number of nitrogens with two attached hydrogens (primary N) is 1. The molecule has 0 bridgehead atoms. The fourth-order valence-electron chi connectivity index (χ4n) is 2.13. The number of benzene rings is 1. The predicted octanol–water partition coefficient (Wildman–Crippen LogP) is 1.16. The molecular weight excluding hydrogens is 272 g/mol. The SMILES string of the molecule is CCOC(=O)c1cn2c(n1)c(C(N)=O)nc1ccccc12. The molecule has 2 aromatic heterocycles. The molecule has 2 heterocycles. The van der Waals surface area contributed by atoms with E-state index < -0.39 is 11.9 Å². The van der Waals surface area contributed by atoms with E-state index in [2.05, 4.69) is 9.97 Å². The lowest BCUT2D eigenvalue weighted by Crippen LogP contribution is -2.15. The van der Waals surface area contributed by atoms with Crippen LogP contribution in [0.3, 0.4) is 0 Å². The second-order valence-corrected chi connectivity index (χ2v) is 4.35. The average Bonchev–Trinajstić information content (AvgIpc) is 2.91. The summed E-state index contributed by atoms with van der Waals surface area (Å²) in [6.07, 6.45) is 1.52. The number of carbonyl (C=O) groups excluding carboxylic acids is 2. The first-order chi connectivity index (χ1) is 10.1. The molecule has 21 heavy (non-hydrogen) atoms. The van der Waals surface area contributed by atoms with Crippen molar-refractivity contribution in [3.05, 3.63) is 41.9 Å². The van der Waals surface area contributed by atoms with Gasteiger partial charge in [0.25, 0.3) is 5.91 Å². The van der Waals surface area contributed by atoms with Gasteiger partial charge in [-0.3, -0.25) is 9.20 Å². The van der Waals surface area contributed by atoms with Gasteiger partial charge >= 0.3 is 5.97 Å². The molecule has 1 aromatic carbocycles. The molecule has 0 fully saturated rings. The van der Waals surface area contributed by atoms with Gasteiger partial charge in [-0.1, -0.05) is 12.1 Å². The maximum Gasteiger partial charge on any atom is 0.358 e. The smallest absolute Gasteiger partial charge is 0.358 e. The van der Waals surface area contributed by atoms with Gasteiger partial charge in [0.1, 0.15) is 0 Å². The van der Waals surface area contributed by atoms with Crippen molar-refractivity contribution in [1.29, 1.82) is 0 Å². The molecule has 0 spiro atoms. The van der Waals surface area contributed by atoms with Crippen molar-refractivity contribution in [2.75, 3.05) is 6.61 Å². The Balaban J connectivity index is 2.35. The molecule has 0 saturated heterocycles. The lowest BCUT2D eigenvalue weighted by atomic mass is 10.3. The molecule has 7 heteroatoms. The number of para-hydroxylation sites is 2. The predicted molar refractivity (Wildman–Crippen MR) is 75.0 cm³/mol. The summed E-state index contributed by atoms with van der Waals surface area (Å²) in [6, 6.07) is 7.20. The van der Waals surface area contributed by atoms with Gasteiger partial charge in [0, 0.05) is 6.20 Å². The van der Waals surface area contributed by atoms with E-state index in [4.69, 9.17) is 10.5 Å². The van der Waals surface area contributed by atoms with Crippen LogP contribution in [0.15, 0.2) is 30.5 Å². The van der Waals surface area contributed by atoms with E-state index in [1.54, 1.807) is 23.5 Å². The molecule has 0 radical (unpaired) electrons. The Morgan fingerprint density at radius 2 is 2.05 bits per heavy atom. The number of amides is 1. The van der Waals surface area contributed by atoms with E-state index in [-0.39, 0.29) is 23.6 Å². The summed E-state index contributed by atoms with van der Waals surface area (Å²) in [4.78, 5) is 31.7. The molecule has 2 N–H and O–H groups in total. The highest BCUT2D eigenvalue weighted by Gasteiger charge is 2.19. The number of hydrogen-bond acceptors (Lipinski definition) is 5. The van der Waals surface area contributed by atoms with Gasteiger partial charge < -0.3 is 10.5 Å². The highest BCUT2D eigenvalue weighted by atomic mass is 16.5. The number of aromatic nitrogens is 3. The summed E-state index contributed by atoms with van der Waals surface area (Å²) >= 11 is 0. The molecule has 106 valence electrons. The van der Waals surface area contributed by atoms with Crippen molar-refractivity contribution in [3.63, 3.8) is 0 Å². The number of hydrogen-bond donors (Lipinski definition) is 1. The molecule has 3 rings (SSSR count). The molecule has 0 aliphatic carbocycles. The third kappa shape index (κ3) is 2.08. The molecule has 1 amide bonds. The van der Waals surface area contributed by atoms with E-state index in [1.807, 2.05) is 12.1 Å². The van der Waals surface area contributed by atoms with Crippen molar-refractivity contribution in [2.45, 2.75) is 6.92 Å². The van der Waals surface area contributed by atoms with Gasteiger partial charge in [0.05, 0.1) is 17.6 Å². The minimum absolute atomic E-state index is 0.0178. The Labute approximate surface area is 119 Å². The van der Waals surface area contributed by atoms with Crippen LogP contribution in [0.2, 0.25) is 0 Å². The van der Waals surface area contributed by atoms with Gasteiger partial charge in [-0.15, -0.1) is 0 Å². The van der Waals surface area contributed by atoms with E-state index in [9.17, 15) is 9.59 Å². The summed E-state index contributed by atoms with van der Waals surface area (Å²) in [6.45, 7) is 1.95. The zero-order chi connectivity index (χ0) is 15.0. The van der Waals surface area contributed by atoms with E-state index >= 15 is 0 Å². The Kier molecular flexibility index (Phi) is 3.02. The number of nitrogens with zero attached hydrogens (tertiary/aromatic N) is 3. The number of esters is 1. The fraction of sp³-hybridized carbons (Fsp3) is 0.143. The van der Waals surface area contributed by atoms with Crippen molar-refractivity contribution < 1.29 is 14.3 Å². The Hall–Kier alpha value is -2.96. The Morgan fingerprint density at radius 1 is 1.29 bits per heavy atom. The molecule has 0 atom stereocenters. The number of fused-ring (bicyclic) bond motifs is 3. The third-order valence-electron chi connectivity index (χ3n) is 3.01. The summed E-state index contributed by atoms with van der Waals surface area (Å²) in [7, 11) is 0. The number of carbonyl (C=O) groups is 2. The zero-order valence-corrected chi connectivity index (χ0v) is 11.2. The summed E-state index contributed by atoms with van der Waals surface area (Å²) in [5.41, 5.74) is 7.02. The second kappa shape index (κ2) is 4.86. The number of rotatable bonds is 3. The topological polar surface area (TPSA) is 99.6 Å². The van der Waals surface area contributed by atoms with Crippen LogP contribution < -0.4 is 5.73 Å². The standard InChI is InChI=1S/C14H12N4O3/c1-2-21-14(20)9-7-18-10-6-4-3-5-8(10)16-11(12(15)19)13(18)17-9/h3-7H,2H2,1H3,(H2,15,19). The summed E-state index contributed by atoms with van der Waals surface area (Å²) in [5.74, 6) is -1.26. The van der Waals surface area contributed by atoms with Gasteiger partial charge in [-0.2, -0.15) is 0 Å². The summed E-state index contributed by atoms with van der Waals surface area (Å²) in [5, 5.41) is 0. The first kappa shape index (κ1) is 13.0. The quantitative estimate of drug-likeness (QED) is 0.727. The molecular formula is C14H12N4O3. The summed E-state index contributed by atoms with van der Waals surface area (Å²) < 4.78 is 6.54. The molecule has 3 aromatic rings. The minimum atomic E-state index is -0.702. The van der Waals surface area contributed by atoms with Crippen LogP contribution in [0.4, 0.5) is 0 Å². The van der Waals surface area contributed by atoms with Crippen LogP contribution >= 0.6 is 0 Å². The Morgan fingerprint density at radius 3 is 2.76 bits per heavy atom. The van der Waals surface area contributed by atoms with Crippen LogP contribution in [0.25, 0.3) is 16.7 Å². The normalized spacial score (nSPS) is 10.9. The van der Waals surface area contributed by atoms with Crippen molar-refractivity contribution in [2.24, 2.45) is 5.73 Å². The molecule has 7 nitrogen and oxygen atoms in total. The molecule has 0 saturated carbocycles. The molecule has 0 unspecified atom stereocenters. The van der Waals surface area contributed by atoms with Crippen LogP contribution in [-0.2, 0) is 4.74 Å². The second-order valence-electron chi connectivity index (χ2n) is 4.35. The number of primary amides is 1. The van der Waals surface area contributed by atoms with Crippen LogP contribution in [-0.4, -0.2) is 32.9 Å². The maximum absolute atomic E-state index is 11.8. The van der Waals surface area contributed by atoms with E-state index in [0.29, 0.717) is 5.52 Å². The highest BCUT2D eigenvalue weighted by molar-refractivity contribution is 6.00. The van der Waals surface area contributed by atoms with E-state index in [1.165, 1.54) is 6.20 Å². The first-order valence-corrected chi connectivity index (χ1v) is 6.36. The van der Waals surface area contributed by atoms with Crippen LogP contribution in [0, 0.1) is 0 Å².